The number of carbonyl (C=O) groups excluding carboxylic acids is 1. The van der Waals surface area contributed by atoms with Crippen molar-refractivity contribution in [3.05, 3.63) is 134 Å². The van der Waals surface area contributed by atoms with Crippen LogP contribution in [0.5, 0.6) is 5.75 Å². The number of alkyl halides is 3. The Bertz CT molecular complexity index is 1890. The minimum atomic E-state index is -4.63. The number of piperidine rings is 1. The van der Waals surface area contributed by atoms with E-state index in [1.54, 1.807) is 43.3 Å². The number of ether oxygens (including phenoxy) is 1. The molecule has 3 heterocycles. The summed E-state index contributed by atoms with van der Waals surface area (Å²) in [5, 5.41) is 1.03. The van der Waals surface area contributed by atoms with E-state index in [2.05, 4.69) is 9.80 Å². The maximum Gasteiger partial charge on any atom is 0.416 e. The van der Waals surface area contributed by atoms with Crippen molar-refractivity contribution < 1.29 is 22.7 Å². The highest BCUT2D eigenvalue weighted by atomic mass is 35.5. The third kappa shape index (κ3) is 8.71. The van der Waals surface area contributed by atoms with Gasteiger partial charge in [0.25, 0.3) is 5.91 Å². The van der Waals surface area contributed by atoms with Crippen LogP contribution in [0.25, 0.3) is 0 Å². The summed E-state index contributed by atoms with van der Waals surface area (Å²) in [4.78, 5) is 26.5. The number of hydrogen-bond donors (Lipinski definition) is 0. The summed E-state index contributed by atoms with van der Waals surface area (Å²) in [6, 6.07) is 24.3. The van der Waals surface area contributed by atoms with Gasteiger partial charge in [-0.15, -0.1) is 12.4 Å². The average Bonchev–Trinajstić information content (AvgIpc) is 3.82. The van der Waals surface area contributed by atoms with Crippen molar-refractivity contribution in [2.24, 2.45) is 4.99 Å². The quantitative estimate of drug-likeness (QED) is 0.170. The van der Waals surface area contributed by atoms with Gasteiger partial charge in [-0.1, -0.05) is 59.6 Å². The minimum Gasteiger partial charge on any atom is -0.493 e. The predicted molar refractivity (Wildman–Crippen MR) is 207 cm³/mol. The molecule has 2 unspecified atom stereocenters. The highest BCUT2D eigenvalue weighted by Crippen LogP contribution is 2.46. The van der Waals surface area contributed by atoms with E-state index in [0.717, 1.165) is 61.3 Å². The number of likely N-dealkylation sites (tertiary alicyclic amines) is 2. The van der Waals surface area contributed by atoms with Crippen LogP contribution >= 0.6 is 35.6 Å². The van der Waals surface area contributed by atoms with Gasteiger partial charge < -0.3 is 9.64 Å². The lowest BCUT2D eigenvalue weighted by molar-refractivity contribution is -0.137. The first-order valence-electron chi connectivity index (χ1n) is 17.9. The fourth-order valence-corrected chi connectivity index (χ4v) is 7.98. The minimum absolute atomic E-state index is 0. The number of nitrogens with zero attached hydrogens (tertiary/aromatic N) is 4. The lowest BCUT2D eigenvalue weighted by Crippen LogP contribution is -2.43. The Balaban J connectivity index is 0.00000481. The fraction of sp³-hybridized carbons (Fsp3) is 0.366. The van der Waals surface area contributed by atoms with Gasteiger partial charge in [-0.25, -0.2) is 0 Å². The van der Waals surface area contributed by atoms with E-state index in [-0.39, 0.29) is 36.2 Å². The molecule has 2 fully saturated rings. The zero-order chi connectivity index (χ0) is 36.4. The molecule has 0 saturated carbocycles. The predicted octanol–water partition coefficient (Wildman–Crippen LogP) is 10.3. The summed E-state index contributed by atoms with van der Waals surface area (Å²) in [5.74, 6) is -0.111. The lowest BCUT2D eigenvalue weighted by Gasteiger charge is -2.36. The van der Waals surface area contributed by atoms with E-state index in [1.165, 1.54) is 36.9 Å². The molecule has 0 bridgehead atoms. The molecular formula is C41H42Cl3F3N4O2. The zero-order valence-corrected chi connectivity index (χ0v) is 31.7. The van der Waals surface area contributed by atoms with Gasteiger partial charge in [-0.2, -0.15) is 13.2 Å². The number of aliphatic imine (C=N–C) groups is 1. The maximum atomic E-state index is 14.8. The van der Waals surface area contributed by atoms with Crippen LogP contribution in [0.2, 0.25) is 10.0 Å². The SMILES string of the molecule is CCOc1ccc(C(F)(F)F)cc1C1=NC(c2ccc(Cl)cc2)C(c2ccc(Cl)cc2)N1C(=O)c1ccc(CN2CCC(N3CCCC3)CC2)cc1.Cl. The second-order valence-electron chi connectivity index (χ2n) is 13.7. The Kier molecular flexibility index (Phi) is 12.4. The Morgan fingerprint density at radius 1 is 0.830 bits per heavy atom. The van der Waals surface area contributed by atoms with Crippen LogP contribution in [0, 0.1) is 0 Å². The van der Waals surface area contributed by atoms with Crippen LogP contribution in [-0.2, 0) is 12.7 Å². The highest BCUT2D eigenvalue weighted by Gasteiger charge is 2.44. The first-order valence-corrected chi connectivity index (χ1v) is 18.7. The van der Waals surface area contributed by atoms with Gasteiger partial charge >= 0.3 is 6.18 Å². The second-order valence-corrected chi connectivity index (χ2v) is 14.6. The largest absolute Gasteiger partial charge is 0.493 e. The van der Waals surface area contributed by atoms with Crippen molar-refractivity contribution in [3.63, 3.8) is 0 Å². The molecule has 0 aliphatic carbocycles. The molecule has 0 aromatic heterocycles. The third-order valence-electron chi connectivity index (χ3n) is 10.4. The first kappa shape index (κ1) is 39.1. The standard InChI is InChI=1S/C41H41Cl2F3N4O2.ClH/c1-2-52-36-18-13-31(41(44,45)46)25-35(36)39-47-37(28-9-14-32(42)15-10-28)38(29-11-16-33(43)17-12-29)50(39)40(51)30-7-5-27(6-8-30)26-48-23-19-34(20-24-48)49-21-3-4-22-49;/h5-18,25,34,37-38H,2-4,19-24,26H2,1H3;1H. The second kappa shape index (κ2) is 16.8. The summed E-state index contributed by atoms with van der Waals surface area (Å²) in [6.07, 6.45) is 0.289. The molecule has 280 valence electrons. The Hall–Kier alpha value is -3.60. The van der Waals surface area contributed by atoms with E-state index in [4.69, 9.17) is 32.9 Å². The Morgan fingerprint density at radius 3 is 2.02 bits per heavy atom. The monoisotopic (exact) mass is 784 g/mol. The van der Waals surface area contributed by atoms with Gasteiger partial charge in [0.15, 0.2) is 0 Å². The van der Waals surface area contributed by atoms with Crippen LogP contribution < -0.4 is 4.74 Å². The number of benzene rings is 4. The molecule has 7 rings (SSSR count). The van der Waals surface area contributed by atoms with E-state index >= 15 is 0 Å². The Morgan fingerprint density at radius 2 is 1.43 bits per heavy atom. The van der Waals surface area contributed by atoms with E-state index in [9.17, 15) is 18.0 Å². The van der Waals surface area contributed by atoms with Gasteiger partial charge in [0.2, 0.25) is 0 Å². The third-order valence-corrected chi connectivity index (χ3v) is 10.9. The molecule has 53 heavy (non-hydrogen) atoms. The van der Waals surface area contributed by atoms with Crippen molar-refractivity contribution in [3.8, 4) is 5.75 Å². The molecule has 2 atom stereocenters. The average molecular weight is 786 g/mol. The van der Waals surface area contributed by atoms with Crippen LogP contribution in [0.4, 0.5) is 13.2 Å². The maximum absolute atomic E-state index is 14.8. The van der Waals surface area contributed by atoms with Crippen LogP contribution in [-0.4, -0.2) is 65.3 Å². The Labute approximate surface area is 324 Å². The zero-order valence-electron chi connectivity index (χ0n) is 29.4. The molecule has 12 heteroatoms. The number of halogens is 6. The molecular weight excluding hydrogens is 744 g/mol. The van der Waals surface area contributed by atoms with Gasteiger partial charge in [0, 0.05) is 28.2 Å². The van der Waals surface area contributed by atoms with E-state index < -0.39 is 29.7 Å². The van der Waals surface area contributed by atoms with Crippen LogP contribution in [0.15, 0.2) is 96.0 Å². The number of amidine groups is 1. The number of carbonyl (C=O) groups is 1. The molecule has 4 aromatic rings. The molecule has 0 radical (unpaired) electrons. The molecule has 3 aliphatic rings. The van der Waals surface area contributed by atoms with Gasteiger partial charge in [0.05, 0.1) is 23.8 Å². The van der Waals surface area contributed by atoms with Gasteiger partial charge in [-0.05, 0) is 130 Å². The highest BCUT2D eigenvalue weighted by molar-refractivity contribution is 6.30. The topological polar surface area (TPSA) is 48.4 Å². The molecule has 0 spiro atoms. The summed E-state index contributed by atoms with van der Waals surface area (Å²) in [5.41, 5.74) is 2.16. The van der Waals surface area contributed by atoms with Gasteiger partial charge in [-0.3, -0.25) is 19.6 Å². The molecule has 4 aromatic carbocycles. The number of hydrogen-bond acceptors (Lipinski definition) is 5. The fourth-order valence-electron chi connectivity index (χ4n) is 7.73. The van der Waals surface area contributed by atoms with E-state index in [1.807, 2.05) is 36.4 Å². The van der Waals surface area contributed by atoms with Crippen molar-refractivity contribution in [2.45, 2.75) is 63.5 Å². The van der Waals surface area contributed by atoms with Crippen molar-refractivity contribution in [1.82, 2.24) is 14.7 Å². The number of amides is 1. The van der Waals surface area contributed by atoms with Crippen molar-refractivity contribution in [1.29, 1.82) is 0 Å². The molecule has 2 saturated heterocycles. The molecule has 1 amide bonds. The number of rotatable bonds is 9. The first-order chi connectivity index (χ1) is 25.1. The normalized spacial score (nSPS) is 20.0. The molecule has 0 N–H and O–H groups in total. The summed E-state index contributed by atoms with van der Waals surface area (Å²) >= 11 is 12.5. The van der Waals surface area contributed by atoms with Crippen LogP contribution in [0.1, 0.15) is 82.9 Å². The van der Waals surface area contributed by atoms with Gasteiger partial charge in [0.1, 0.15) is 17.6 Å². The smallest absolute Gasteiger partial charge is 0.416 e. The summed E-state index contributed by atoms with van der Waals surface area (Å²) < 4.78 is 48.3. The molecule has 3 aliphatic heterocycles. The van der Waals surface area contributed by atoms with E-state index in [0.29, 0.717) is 21.7 Å². The summed E-state index contributed by atoms with van der Waals surface area (Å²) in [7, 11) is 0. The van der Waals surface area contributed by atoms with Crippen molar-refractivity contribution in [2.75, 3.05) is 32.8 Å². The van der Waals surface area contributed by atoms with Crippen molar-refractivity contribution >= 4 is 47.4 Å². The van der Waals surface area contributed by atoms with Crippen LogP contribution in [0.3, 0.4) is 0 Å². The lowest BCUT2D eigenvalue weighted by atomic mass is 9.93. The molecule has 6 nitrogen and oxygen atoms in total. The summed E-state index contributed by atoms with van der Waals surface area (Å²) in [6.45, 7) is 7.23.